The fraction of sp³-hybridized carbons (Fsp3) is 0.500. The van der Waals surface area contributed by atoms with Gasteiger partial charge in [0.25, 0.3) is 5.91 Å². The average molecular weight is 652 g/mol. The van der Waals surface area contributed by atoms with Crippen molar-refractivity contribution in [3.05, 3.63) is 65.9 Å². The Labute approximate surface area is 283 Å². The van der Waals surface area contributed by atoms with Crippen molar-refractivity contribution in [1.29, 1.82) is 0 Å². The number of amides is 1. The van der Waals surface area contributed by atoms with Crippen LogP contribution in [-0.2, 0) is 6.54 Å². The highest BCUT2D eigenvalue weighted by Crippen LogP contribution is 2.41. The van der Waals surface area contributed by atoms with Gasteiger partial charge in [-0.1, -0.05) is 11.6 Å². The molecule has 2 N–H and O–H groups in total. The third kappa shape index (κ3) is 6.66. The standard InChI is InChI=1S/C38H49N7O3/c1-26-6-9-34(48-5)30(20-26)32-21-27(10-15-39-32)35(46)41-36-40-31-8-7-29(22-33(31)45(36)23-37(2,3)47)43-16-11-28(12-17-43)44-18-13-38(14-19-44)24-42(4)25-38/h6-10,15,20-22,28,47H,11-14,16-19,23-25H2,1-5H3,(H,40,41,46). The van der Waals surface area contributed by atoms with Crippen molar-refractivity contribution in [3.63, 3.8) is 0 Å². The number of aliphatic hydroxyl groups is 1. The van der Waals surface area contributed by atoms with E-state index in [1.165, 1.54) is 39.0 Å². The number of imidazole rings is 1. The molecule has 10 heteroatoms. The van der Waals surface area contributed by atoms with Crippen molar-refractivity contribution in [3.8, 4) is 17.0 Å². The van der Waals surface area contributed by atoms with Crippen LogP contribution in [0.2, 0.25) is 0 Å². The number of aromatic nitrogens is 3. The van der Waals surface area contributed by atoms with Gasteiger partial charge >= 0.3 is 0 Å². The molecule has 2 aromatic carbocycles. The number of carbonyl (C=O) groups is 1. The first-order valence-corrected chi connectivity index (χ1v) is 17.3. The number of benzene rings is 2. The van der Waals surface area contributed by atoms with Crippen LogP contribution in [0.25, 0.3) is 22.3 Å². The van der Waals surface area contributed by atoms with Crippen molar-refractivity contribution < 1.29 is 14.6 Å². The lowest BCUT2D eigenvalue weighted by molar-refractivity contribution is -0.0419. The average Bonchev–Trinajstić information content (AvgIpc) is 3.39. The minimum absolute atomic E-state index is 0.277. The van der Waals surface area contributed by atoms with Crippen LogP contribution in [0.15, 0.2) is 54.7 Å². The minimum atomic E-state index is -1.02. The van der Waals surface area contributed by atoms with Crippen molar-refractivity contribution >= 4 is 28.6 Å². The number of rotatable bonds is 8. The number of methoxy groups -OCH3 is 1. The van der Waals surface area contributed by atoms with E-state index in [2.05, 4.69) is 44.2 Å². The molecule has 48 heavy (non-hydrogen) atoms. The van der Waals surface area contributed by atoms with Crippen molar-refractivity contribution in [1.82, 2.24) is 24.3 Å². The molecule has 1 amide bonds. The molecular weight excluding hydrogens is 602 g/mol. The number of pyridine rings is 1. The summed E-state index contributed by atoms with van der Waals surface area (Å²) in [6, 6.07) is 16.3. The minimum Gasteiger partial charge on any atom is -0.496 e. The molecule has 10 nitrogen and oxygen atoms in total. The summed E-state index contributed by atoms with van der Waals surface area (Å²) in [5.74, 6) is 0.798. The number of likely N-dealkylation sites (tertiary alicyclic amines) is 2. The Bertz CT molecular complexity index is 1790. The summed E-state index contributed by atoms with van der Waals surface area (Å²) in [5, 5.41) is 13.9. The predicted octanol–water partition coefficient (Wildman–Crippen LogP) is 5.43. The summed E-state index contributed by atoms with van der Waals surface area (Å²) in [6.07, 6.45) is 6.63. The van der Waals surface area contributed by atoms with Gasteiger partial charge in [0.15, 0.2) is 0 Å². The number of nitrogens with zero attached hydrogens (tertiary/aromatic N) is 6. The van der Waals surface area contributed by atoms with E-state index in [1.807, 2.05) is 35.8 Å². The van der Waals surface area contributed by atoms with Gasteiger partial charge in [-0.25, -0.2) is 4.98 Å². The largest absolute Gasteiger partial charge is 0.496 e. The first-order chi connectivity index (χ1) is 23.0. The van der Waals surface area contributed by atoms with Gasteiger partial charge in [0.05, 0.1) is 36.0 Å². The SMILES string of the molecule is COc1ccc(C)cc1-c1cc(C(=O)Nc2nc3ccc(N4CCC(N5CCC6(CC5)CN(C)C6)CC4)cc3n2CC(C)(C)O)ccn1. The number of nitrogens with one attached hydrogen (secondary N) is 1. The first kappa shape index (κ1) is 32.6. The van der Waals surface area contributed by atoms with Crippen LogP contribution in [-0.4, -0.2) is 100 Å². The zero-order valence-corrected chi connectivity index (χ0v) is 29.0. The smallest absolute Gasteiger partial charge is 0.258 e. The maximum Gasteiger partial charge on any atom is 0.258 e. The summed E-state index contributed by atoms with van der Waals surface area (Å²) in [6.45, 7) is 12.9. The molecule has 0 atom stereocenters. The van der Waals surface area contributed by atoms with Crippen LogP contribution in [0.4, 0.5) is 11.6 Å². The number of aryl methyl sites for hydroxylation is 1. The van der Waals surface area contributed by atoms with E-state index < -0.39 is 5.60 Å². The van der Waals surface area contributed by atoms with Crippen molar-refractivity contribution in [2.45, 2.75) is 64.6 Å². The molecule has 0 aliphatic carbocycles. The van der Waals surface area contributed by atoms with Gasteiger partial charge in [0.1, 0.15) is 5.75 Å². The van der Waals surface area contributed by atoms with Gasteiger partial charge in [-0.3, -0.25) is 15.1 Å². The lowest BCUT2D eigenvalue weighted by Crippen LogP contribution is -2.60. The fourth-order valence-corrected chi connectivity index (χ4v) is 8.13. The molecule has 0 bridgehead atoms. The summed E-state index contributed by atoms with van der Waals surface area (Å²) >= 11 is 0. The highest BCUT2D eigenvalue weighted by molar-refractivity contribution is 6.04. The van der Waals surface area contributed by atoms with Crippen molar-refractivity contribution in [2.24, 2.45) is 5.41 Å². The topological polar surface area (TPSA) is 99.0 Å². The lowest BCUT2D eigenvalue weighted by atomic mass is 9.72. The molecule has 3 saturated heterocycles. The summed E-state index contributed by atoms with van der Waals surface area (Å²) in [4.78, 5) is 30.7. The third-order valence-corrected chi connectivity index (χ3v) is 10.6. The van der Waals surface area contributed by atoms with Crippen molar-refractivity contribution in [2.75, 3.05) is 63.6 Å². The van der Waals surface area contributed by atoms with E-state index in [-0.39, 0.29) is 12.5 Å². The molecule has 3 aliphatic rings. The van der Waals surface area contributed by atoms with E-state index in [0.29, 0.717) is 34.4 Å². The zero-order chi connectivity index (χ0) is 33.6. The van der Waals surface area contributed by atoms with Gasteiger partial charge in [-0.05, 0) is 114 Å². The zero-order valence-electron chi connectivity index (χ0n) is 29.0. The van der Waals surface area contributed by atoms with Crippen LogP contribution >= 0.6 is 0 Å². The van der Waals surface area contributed by atoms with Gasteiger partial charge in [-0.2, -0.15) is 0 Å². The molecule has 1 spiro atoms. The maximum atomic E-state index is 13.7. The van der Waals surface area contributed by atoms with Gasteiger partial charge in [0, 0.05) is 55.2 Å². The number of carbonyl (C=O) groups excluding carboxylic acids is 1. The van der Waals surface area contributed by atoms with E-state index in [1.54, 1.807) is 39.3 Å². The van der Waals surface area contributed by atoms with E-state index in [9.17, 15) is 9.90 Å². The Morgan fingerprint density at radius 1 is 1.04 bits per heavy atom. The molecule has 0 saturated carbocycles. The molecule has 2 aromatic heterocycles. The van der Waals surface area contributed by atoms with Gasteiger partial charge < -0.3 is 29.1 Å². The fourth-order valence-electron chi connectivity index (χ4n) is 8.13. The second-order valence-corrected chi connectivity index (χ2v) is 15.0. The quantitative estimate of drug-likeness (QED) is 0.260. The first-order valence-electron chi connectivity index (χ1n) is 17.3. The monoisotopic (exact) mass is 651 g/mol. The number of hydrogen-bond acceptors (Lipinski definition) is 8. The van der Waals surface area contributed by atoms with Crippen LogP contribution < -0.4 is 15.0 Å². The van der Waals surface area contributed by atoms with E-state index in [4.69, 9.17) is 9.72 Å². The second kappa shape index (κ2) is 12.8. The highest BCUT2D eigenvalue weighted by Gasteiger charge is 2.44. The second-order valence-electron chi connectivity index (χ2n) is 15.0. The Morgan fingerprint density at radius 3 is 2.48 bits per heavy atom. The Balaban J connectivity index is 1.08. The molecule has 0 unspecified atom stereocenters. The highest BCUT2D eigenvalue weighted by atomic mass is 16.5. The molecule has 7 rings (SSSR count). The number of fused-ring (bicyclic) bond motifs is 1. The molecule has 254 valence electrons. The van der Waals surface area contributed by atoms with Crippen LogP contribution in [0.3, 0.4) is 0 Å². The Kier molecular flexibility index (Phi) is 8.68. The number of hydrogen-bond donors (Lipinski definition) is 2. The summed E-state index contributed by atoms with van der Waals surface area (Å²) in [5.41, 5.74) is 5.38. The number of anilines is 2. The van der Waals surface area contributed by atoms with Crippen LogP contribution in [0.5, 0.6) is 5.75 Å². The van der Waals surface area contributed by atoms with Gasteiger partial charge in [-0.15, -0.1) is 0 Å². The molecule has 3 fully saturated rings. The van der Waals surface area contributed by atoms with Crippen LogP contribution in [0, 0.1) is 12.3 Å². The predicted molar refractivity (Wildman–Crippen MR) is 191 cm³/mol. The third-order valence-electron chi connectivity index (χ3n) is 10.6. The Morgan fingerprint density at radius 2 is 1.79 bits per heavy atom. The van der Waals surface area contributed by atoms with E-state index in [0.717, 1.165) is 53.8 Å². The maximum absolute atomic E-state index is 13.7. The molecular formula is C38H49N7O3. The molecule has 3 aliphatic heterocycles. The molecule has 5 heterocycles. The number of piperidine rings is 2. The lowest BCUT2D eigenvalue weighted by Gasteiger charge is -2.54. The Hall–Kier alpha value is -3.99. The summed E-state index contributed by atoms with van der Waals surface area (Å²) in [7, 11) is 3.87. The molecule has 4 aromatic rings. The van der Waals surface area contributed by atoms with E-state index >= 15 is 0 Å². The number of ether oxygens (including phenoxy) is 1. The van der Waals surface area contributed by atoms with Gasteiger partial charge in [0.2, 0.25) is 5.95 Å². The molecule has 0 radical (unpaired) electrons. The summed E-state index contributed by atoms with van der Waals surface area (Å²) < 4.78 is 7.49. The van der Waals surface area contributed by atoms with Crippen LogP contribution in [0.1, 0.15) is 55.5 Å². The normalized spacial score (nSPS) is 19.1.